The molecule has 0 saturated carbocycles. The van der Waals surface area contributed by atoms with Gasteiger partial charge in [0.15, 0.2) is 0 Å². The van der Waals surface area contributed by atoms with E-state index in [9.17, 15) is 14.4 Å². The Morgan fingerprint density at radius 3 is 2.52 bits per heavy atom. The molecule has 1 atom stereocenters. The van der Waals surface area contributed by atoms with Crippen LogP contribution < -0.4 is 15.4 Å². The largest absolute Gasteiger partial charge is 0.497 e. The molecule has 42 heavy (non-hydrogen) atoms. The van der Waals surface area contributed by atoms with Crippen LogP contribution in [0.4, 0.5) is 4.79 Å². The minimum absolute atomic E-state index is 0.0779. The van der Waals surface area contributed by atoms with Crippen LogP contribution in [-0.2, 0) is 19.1 Å². The molecule has 2 N–H and O–H groups in total. The van der Waals surface area contributed by atoms with Gasteiger partial charge in [-0.3, -0.25) is 0 Å². The van der Waals surface area contributed by atoms with Crippen molar-refractivity contribution in [3.05, 3.63) is 108 Å². The normalized spacial score (nSPS) is 14.8. The number of furan rings is 1. The molecule has 4 aromatic rings. The van der Waals surface area contributed by atoms with E-state index in [4.69, 9.17) is 23.7 Å². The minimum atomic E-state index is -0.909. The van der Waals surface area contributed by atoms with Gasteiger partial charge in [-0.05, 0) is 61.5 Å². The number of aromatic nitrogens is 2. The molecule has 11 nitrogen and oxygen atoms in total. The van der Waals surface area contributed by atoms with Crippen LogP contribution in [0.3, 0.4) is 0 Å². The zero-order valence-electron chi connectivity index (χ0n) is 22.9. The number of nitrogens with one attached hydrogen (secondary N) is 2. The van der Waals surface area contributed by atoms with Crippen LogP contribution in [0.15, 0.2) is 101 Å². The summed E-state index contributed by atoms with van der Waals surface area (Å²) in [5, 5.41) is 9.94. The van der Waals surface area contributed by atoms with Crippen molar-refractivity contribution in [3.63, 3.8) is 0 Å². The highest BCUT2D eigenvalue weighted by Gasteiger charge is 2.35. The molecule has 0 radical (unpaired) electrons. The molecule has 1 aliphatic heterocycles. The van der Waals surface area contributed by atoms with E-state index >= 15 is 0 Å². The second-order valence-corrected chi connectivity index (χ2v) is 9.04. The molecule has 2 aromatic carbocycles. The van der Waals surface area contributed by atoms with Crippen LogP contribution in [-0.4, -0.2) is 48.1 Å². The van der Waals surface area contributed by atoms with Crippen LogP contribution in [0.5, 0.6) is 5.75 Å². The Balaban J connectivity index is 1.39. The summed E-state index contributed by atoms with van der Waals surface area (Å²) in [6.45, 7) is 1.40. The monoisotopic (exact) mass is 568 g/mol. The van der Waals surface area contributed by atoms with E-state index in [1.165, 1.54) is 12.3 Å². The first-order valence-corrected chi connectivity index (χ1v) is 13.1. The van der Waals surface area contributed by atoms with E-state index in [-0.39, 0.29) is 24.5 Å². The molecular formula is C31H28N4O7. The highest BCUT2D eigenvalue weighted by atomic mass is 16.5. The SMILES string of the molecule is CCOC(=O)C1=C(COC(=O)C=Cc2cn(-c3ccccc3)nc2-c2ccc(OC)cc2)NC(=O)NC1c1ccco1. The van der Waals surface area contributed by atoms with Crippen molar-refractivity contribution in [1.29, 1.82) is 0 Å². The molecule has 0 spiro atoms. The van der Waals surface area contributed by atoms with Crippen molar-refractivity contribution >= 4 is 24.0 Å². The molecule has 0 fully saturated rings. The molecular weight excluding hydrogens is 540 g/mol. The Kier molecular flexibility index (Phi) is 8.47. The molecule has 1 aliphatic rings. The van der Waals surface area contributed by atoms with E-state index in [1.54, 1.807) is 43.1 Å². The van der Waals surface area contributed by atoms with E-state index in [0.29, 0.717) is 22.8 Å². The zero-order chi connectivity index (χ0) is 29.5. The van der Waals surface area contributed by atoms with Crippen molar-refractivity contribution < 1.29 is 33.0 Å². The van der Waals surface area contributed by atoms with Crippen LogP contribution in [0, 0.1) is 0 Å². The standard InChI is InChI=1S/C31H28N4O7/c1-3-40-30(37)27-24(32-31(38)33-29(27)25-10-7-17-41-25)19-42-26(36)16-13-21-18-35(22-8-5-4-6-9-22)34-28(21)20-11-14-23(39-2)15-12-20/h4-18,29H,3,19H2,1-2H3,(H2,32,33,38). The third kappa shape index (κ3) is 6.25. The molecule has 214 valence electrons. The highest BCUT2D eigenvalue weighted by Crippen LogP contribution is 2.29. The Labute approximate surface area is 241 Å². The van der Waals surface area contributed by atoms with Gasteiger partial charge in [0.2, 0.25) is 0 Å². The number of carbonyl (C=O) groups is 3. The molecule has 5 rings (SSSR count). The van der Waals surface area contributed by atoms with Gasteiger partial charge in [0.1, 0.15) is 24.2 Å². The first-order valence-electron chi connectivity index (χ1n) is 13.1. The molecule has 2 amide bonds. The minimum Gasteiger partial charge on any atom is -0.497 e. The van der Waals surface area contributed by atoms with E-state index in [1.807, 2.05) is 54.6 Å². The van der Waals surface area contributed by atoms with Gasteiger partial charge < -0.3 is 29.3 Å². The number of hydrogen-bond acceptors (Lipinski definition) is 8. The van der Waals surface area contributed by atoms with Gasteiger partial charge in [0, 0.05) is 23.4 Å². The van der Waals surface area contributed by atoms with Gasteiger partial charge in [-0.25, -0.2) is 19.1 Å². The van der Waals surface area contributed by atoms with Gasteiger partial charge in [-0.2, -0.15) is 5.10 Å². The summed E-state index contributed by atoms with van der Waals surface area (Å²) in [5.41, 5.74) is 3.15. The molecule has 2 aromatic heterocycles. The highest BCUT2D eigenvalue weighted by molar-refractivity contribution is 5.95. The number of amides is 2. The molecule has 0 saturated heterocycles. The van der Waals surface area contributed by atoms with Crippen LogP contribution in [0.1, 0.15) is 24.3 Å². The quantitative estimate of drug-likeness (QED) is 0.210. The summed E-state index contributed by atoms with van der Waals surface area (Å²) in [7, 11) is 1.59. The fourth-order valence-electron chi connectivity index (χ4n) is 4.40. The molecule has 3 heterocycles. The van der Waals surface area contributed by atoms with Gasteiger partial charge in [0.25, 0.3) is 0 Å². The fourth-order valence-corrected chi connectivity index (χ4v) is 4.40. The number of benzene rings is 2. The number of methoxy groups -OCH3 is 1. The lowest BCUT2D eigenvalue weighted by molar-refractivity contribution is -0.140. The van der Waals surface area contributed by atoms with Gasteiger partial charge in [-0.15, -0.1) is 0 Å². The number of esters is 2. The van der Waals surface area contributed by atoms with Crippen LogP contribution in [0.2, 0.25) is 0 Å². The second kappa shape index (κ2) is 12.7. The number of urea groups is 1. The first-order chi connectivity index (χ1) is 20.5. The summed E-state index contributed by atoms with van der Waals surface area (Å²) < 4.78 is 23.0. The lowest BCUT2D eigenvalue weighted by Gasteiger charge is -2.27. The number of nitrogens with zero attached hydrogens (tertiary/aromatic N) is 2. The lowest BCUT2D eigenvalue weighted by Crippen LogP contribution is -2.47. The van der Waals surface area contributed by atoms with Crippen molar-refractivity contribution in [2.75, 3.05) is 20.3 Å². The lowest BCUT2D eigenvalue weighted by atomic mass is 10.0. The Bertz CT molecular complexity index is 1620. The summed E-state index contributed by atoms with van der Waals surface area (Å²) in [6.07, 6.45) is 6.09. The number of ether oxygens (including phenoxy) is 3. The molecule has 1 unspecified atom stereocenters. The maximum absolute atomic E-state index is 12.8. The number of rotatable bonds is 10. The Hall–Kier alpha value is -5.58. The number of hydrogen-bond donors (Lipinski definition) is 2. The van der Waals surface area contributed by atoms with Crippen molar-refractivity contribution in [2.45, 2.75) is 13.0 Å². The van der Waals surface area contributed by atoms with Crippen molar-refractivity contribution in [3.8, 4) is 22.7 Å². The fraction of sp³-hybridized carbons (Fsp3) is 0.161. The maximum Gasteiger partial charge on any atom is 0.338 e. The second-order valence-electron chi connectivity index (χ2n) is 9.04. The van der Waals surface area contributed by atoms with Gasteiger partial charge >= 0.3 is 18.0 Å². The van der Waals surface area contributed by atoms with Crippen LogP contribution >= 0.6 is 0 Å². The third-order valence-corrected chi connectivity index (χ3v) is 6.36. The number of para-hydroxylation sites is 1. The van der Waals surface area contributed by atoms with E-state index in [2.05, 4.69) is 10.6 Å². The summed E-state index contributed by atoms with van der Waals surface area (Å²) in [5.74, 6) is -0.331. The molecule has 0 aliphatic carbocycles. The van der Waals surface area contributed by atoms with Gasteiger partial charge in [0.05, 0.1) is 42.6 Å². The predicted molar refractivity (Wildman–Crippen MR) is 152 cm³/mol. The van der Waals surface area contributed by atoms with Crippen molar-refractivity contribution in [2.24, 2.45) is 0 Å². The summed E-state index contributed by atoms with van der Waals surface area (Å²) >= 11 is 0. The zero-order valence-corrected chi connectivity index (χ0v) is 22.9. The van der Waals surface area contributed by atoms with E-state index < -0.39 is 24.0 Å². The molecule has 11 heteroatoms. The average Bonchev–Trinajstić information content (AvgIpc) is 3.70. The summed E-state index contributed by atoms with van der Waals surface area (Å²) in [6, 6.07) is 18.8. The molecule has 0 bridgehead atoms. The smallest absolute Gasteiger partial charge is 0.338 e. The first kappa shape index (κ1) is 28.0. The third-order valence-electron chi connectivity index (χ3n) is 6.36. The van der Waals surface area contributed by atoms with Crippen LogP contribution in [0.25, 0.3) is 23.0 Å². The Morgan fingerprint density at radius 1 is 1.05 bits per heavy atom. The topological polar surface area (TPSA) is 134 Å². The van der Waals surface area contributed by atoms with E-state index in [0.717, 1.165) is 11.3 Å². The summed E-state index contributed by atoms with van der Waals surface area (Å²) in [4.78, 5) is 38.0. The number of carbonyl (C=O) groups excluding carboxylic acids is 3. The van der Waals surface area contributed by atoms with Crippen molar-refractivity contribution in [1.82, 2.24) is 20.4 Å². The predicted octanol–water partition coefficient (Wildman–Crippen LogP) is 4.57. The van der Waals surface area contributed by atoms with Gasteiger partial charge in [-0.1, -0.05) is 18.2 Å². The maximum atomic E-state index is 12.8. The Morgan fingerprint density at radius 2 is 1.83 bits per heavy atom. The average molecular weight is 569 g/mol.